The average Bonchev–Trinajstić information content (AvgIpc) is 3.70. The van der Waals surface area contributed by atoms with Gasteiger partial charge in [0.25, 0.3) is 0 Å². The van der Waals surface area contributed by atoms with Gasteiger partial charge in [-0.3, -0.25) is 24.4 Å². The van der Waals surface area contributed by atoms with E-state index in [1.165, 1.54) is 23.1 Å². The molecule has 0 bridgehead atoms. The van der Waals surface area contributed by atoms with Gasteiger partial charge in [0.05, 0.1) is 38.6 Å². The van der Waals surface area contributed by atoms with Crippen molar-refractivity contribution < 1.29 is 27.2 Å². The monoisotopic (exact) mass is 871 g/mol. The van der Waals surface area contributed by atoms with Crippen molar-refractivity contribution in [3.63, 3.8) is 0 Å². The molecule has 0 aliphatic carbocycles. The Balaban J connectivity index is 0.830. The molecule has 0 saturated carbocycles. The molecule has 4 N–H and O–H groups in total. The number of benzene rings is 2. The number of sulfonamides is 1. The molecule has 1 atom stereocenters. The topological polar surface area (TPSA) is 184 Å². The van der Waals surface area contributed by atoms with Crippen LogP contribution in [0.15, 0.2) is 54.7 Å². The van der Waals surface area contributed by atoms with Crippen molar-refractivity contribution in [2.75, 3.05) is 66.9 Å². The number of nitrogens with zero attached hydrogens (tertiary/aromatic N) is 6. The summed E-state index contributed by atoms with van der Waals surface area (Å²) < 4.78 is 43.5. The van der Waals surface area contributed by atoms with E-state index >= 15 is 4.39 Å². The molecule has 2 aromatic carbocycles. The van der Waals surface area contributed by atoms with E-state index in [0.717, 1.165) is 81.8 Å². The van der Waals surface area contributed by atoms with Crippen LogP contribution >= 0.6 is 11.3 Å². The number of rotatable bonds is 12. The molecule has 324 valence electrons. The second-order valence-electron chi connectivity index (χ2n) is 16.8. The Morgan fingerprint density at radius 3 is 2.36 bits per heavy atom. The van der Waals surface area contributed by atoms with Crippen LogP contribution in [0.3, 0.4) is 0 Å². The maximum Gasteiger partial charge on any atom is 0.234 e. The number of carbonyl (C=O) groups excluding carboxylic acids is 3. The van der Waals surface area contributed by atoms with Crippen LogP contribution in [0.25, 0.3) is 21.8 Å². The van der Waals surface area contributed by atoms with Crippen LogP contribution in [0.4, 0.5) is 21.7 Å². The Bertz CT molecular complexity index is 2340. The van der Waals surface area contributed by atoms with Crippen LogP contribution < -0.4 is 20.7 Å². The van der Waals surface area contributed by atoms with Gasteiger partial charge in [-0.25, -0.2) is 27.8 Å². The summed E-state index contributed by atoms with van der Waals surface area (Å²) in [4.78, 5) is 58.7. The van der Waals surface area contributed by atoms with E-state index in [1.807, 2.05) is 17.0 Å². The van der Waals surface area contributed by atoms with Crippen molar-refractivity contribution in [3.8, 4) is 21.8 Å². The number of nitrogens with two attached hydrogens (primary N) is 1. The van der Waals surface area contributed by atoms with Gasteiger partial charge in [0.1, 0.15) is 0 Å². The van der Waals surface area contributed by atoms with Crippen LogP contribution in [0.1, 0.15) is 87.1 Å². The van der Waals surface area contributed by atoms with E-state index in [1.54, 1.807) is 31.3 Å². The fourth-order valence-electron chi connectivity index (χ4n) is 9.28. The standard InChI is InChI=1S/C44H54FN9O5S2/c1-2-26-61(58,59)51-35-5-3-4-34(38(35)45)39-40(36-12-19-47-44(46)48-36)60-42(50-39)30-17-24-54(25-18-30)43(57)31-15-20-52(21-16-31)27-28-13-22-53(23-14-28)32-8-6-29(7-9-32)33-10-11-37(55)49-41(33)56/h3-9,12,19,28,30-31,33,51H,2,10-11,13-18,20-27H2,1H3,(H2,46,47,48)(H,49,55,56)/t33-/m1/s1. The number of nitrogen functional groups attached to an aromatic ring is 1. The number of hydrogen-bond acceptors (Lipinski definition) is 12. The number of imide groups is 1. The molecule has 4 saturated heterocycles. The maximum absolute atomic E-state index is 16.1. The predicted octanol–water partition coefficient (Wildman–Crippen LogP) is 5.99. The van der Waals surface area contributed by atoms with E-state index in [2.05, 4.69) is 41.9 Å². The van der Waals surface area contributed by atoms with E-state index < -0.39 is 15.8 Å². The van der Waals surface area contributed by atoms with Gasteiger partial charge in [0.2, 0.25) is 33.7 Å². The lowest BCUT2D eigenvalue weighted by molar-refractivity contribution is -0.138. The third-order valence-corrected chi connectivity index (χ3v) is 15.4. The highest BCUT2D eigenvalue weighted by molar-refractivity contribution is 7.92. The van der Waals surface area contributed by atoms with Crippen molar-refractivity contribution in [1.82, 2.24) is 30.1 Å². The first-order chi connectivity index (χ1) is 29.4. The second kappa shape index (κ2) is 18.5. The summed E-state index contributed by atoms with van der Waals surface area (Å²) >= 11 is 1.42. The third-order valence-electron chi connectivity index (χ3n) is 12.7. The zero-order valence-corrected chi connectivity index (χ0v) is 36.2. The van der Waals surface area contributed by atoms with Crippen LogP contribution in [-0.4, -0.2) is 102 Å². The van der Waals surface area contributed by atoms with Crippen LogP contribution in [0.5, 0.6) is 0 Å². The number of carbonyl (C=O) groups is 3. The first-order valence-corrected chi connectivity index (χ1v) is 24.0. The summed E-state index contributed by atoms with van der Waals surface area (Å²) in [5.74, 6) is -0.513. The molecule has 0 unspecified atom stereocenters. The van der Waals surface area contributed by atoms with Crippen LogP contribution in [-0.2, 0) is 24.4 Å². The van der Waals surface area contributed by atoms with Crippen molar-refractivity contribution >= 4 is 56.4 Å². The average molecular weight is 872 g/mol. The first kappa shape index (κ1) is 42.7. The molecule has 0 radical (unpaired) electrons. The van der Waals surface area contributed by atoms with Crippen molar-refractivity contribution in [3.05, 3.63) is 71.1 Å². The highest BCUT2D eigenvalue weighted by Gasteiger charge is 2.34. The molecular formula is C44H54FN9O5S2. The second-order valence-corrected chi connectivity index (χ2v) is 19.7. The molecule has 17 heteroatoms. The molecule has 14 nitrogen and oxygen atoms in total. The normalized spacial score (nSPS) is 20.2. The zero-order valence-electron chi connectivity index (χ0n) is 34.5. The van der Waals surface area contributed by atoms with Gasteiger partial charge in [0.15, 0.2) is 5.82 Å². The first-order valence-electron chi connectivity index (χ1n) is 21.5. The predicted molar refractivity (Wildman–Crippen MR) is 235 cm³/mol. The molecule has 4 aliphatic heterocycles. The Labute approximate surface area is 360 Å². The van der Waals surface area contributed by atoms with Gasteiger partial charge in [-0.15, -0.1) is 11.3 Å². The zero-order chi connectivity index (χ0) is 42.7. The smallest absolute Gasteiger partial charge is 0.234 e. The number of likely N-dealkylation sites (tertiary alicyclic amines) is 2. The summed E-state index contributed by atoms with van der Waals surface area (Å²) in [6.45, 7) is 7.86. The van der Waals surface area contributed by atoms with E-state index in [4.69, 9.17) is 10.7 Å². The van der Waals surface area contributed by atoms with Crippen LogP contribution in [0, 0.1) is 17.7 Å². The highest BCUT2D eigenvalue weighted by Crippen LogP contribution is 2.43. The summed E-state index contributed by atoms with van der Waals surface area (Å²) in [5, 5.41) is 3.27. The molecule has 4 aliphatic rings. The Morgan fingerprint density at radius 2 is 1.67 bits per heavy atom. The van der Waals surface area contributed by atoms with E-state index in [9.17, 15) is 22.8 Å². The molecule has 0 spiro atoms. The minimum absolute atomic E-state index is 0.0177. The fraction of sp³-hybridized carbons (Fsp3) is 0.500. The molecule has 61 heavy (non-hydrogen) atoms. The Kier molecular flexibility index (Phi) is 13.0. The van der Waals surface area contributed by atoms with Gasteiger partial charge in [-0.05, 0) is 106 Å². The fourth-order valence-corrected chi connectivity index (χ4v) is 11.6. The van der Waals surface area contributed by atoms with Crippen molar-refractivity contribution in [2.24, 2.45) is 11.8 Å². The van der Waals surface area contributed by atoms with Gasteiger partial charge < -0.3 is 20.4 Å². The molecular weight excluding hydrogens is 818 g/mol. The van der Waals surface area contributed by atoms with E-state index in [0.29, 0.717) is 54.5 Å². The quantitative estimate of drug-likeness (QED) is 0.142. The largest absolute Gasteiger partial charge is 0.372 e. The number of halogens is 1. The number of amides is 3. The van der Waals surface area contributed by atoms with Crippen molar-refractivity contribution in [1.29, 1.82) is 0 Å². The number of nitrogens with one attached hydrogen (secondary N) is 2. The van der Waals surface area contributed by atoms with Gasteiger partial charge in [-0.1, -0.05) is 25.1 Å². The lowest BCUT2D eigenvalue weighted by Gasteiger charge is -2.39. The number of thiazole rings is 1. The number of piperidine rings is 4. The molecule has 4 fully saturated rings. The molecule has 3 amide bonds. The van der Waals surface area contributed by atoms with E-state index in [-0.39, 0.29) is 58.4 Å². The lowest BCUT2D eigenvalue weighted by atomic mass is 9.90. The molecule has 6 heterocycles. The molecule has 2 aromatic heterocycles. The highest BCUT2D eigenvalue weighted by atomic mass is 32.2. The molecule has 4 aromatic rings. The lowest BCUT2D eigenvalue weighted by Crippen LogP contribution is -2.46. The summed E-state index contributed by atoms with van der Waals surface area (Å²) in [6.07, 6.45) is 8.26. The Hall–Kier alpha value is -5.00. The third kappa shape index (κ3) is 9.89. The maximum atomic E-state index is 16.1. The van der Waals surface area contributed by atoms with Crippen molar-refractivity contribution in [2.45, 2.75) is 76.5 Å². The molecule has 8 rings (SSSR count). The van der Waals surface area contributed by atoms with Crippen LogP contribution in [0.2, 0.25) is 0 Å². The SMILES string of the molecule is CCCS(=O)(=O)Nc1cccc(-c2nc(C3CCN(C(=O)C4CCN(CC5CCN(c6ccc([C@H]7CCC(=O)NC7=O)cc6)CC5)CC4)CC3)sc2-c2ccnc(N)n2)c1F. The summed E-state index contributed by atoms with van der Waals surface area (Å²) in [6, 6.07) is 14.5. The van der Waals surface area contributed by atoms with Gasteiger partial charge in [-0.2, -0.15) is 0 Å². The number of aromatic nitrogens is 3. The minimum Gasteiger partial charge on any atom is -0.372 e. The minimum atomic E-state index is -3.73. The number of hydrogen-bond donors (Lipinski definition) is 3. The number of anilines is 3. The van der Waals surface area contributed by atoms with Gasteiger partial charge in [0, 0.05) is 68.4 Å². The Morgan fingerprint density at radius 1 is 0.934 bits per heavy atom. The summed E-state index contributed by atoms with van der Waals surface area (Å²) in [5.41, 5.74) is 8.95. The summed E-state index contributed by atoms with van der Waals surface area (Å²) in [7, 11) is -3.73. The van der Waals surface area contributed by atoms with Gasteiger partial charge >= 0.3 is 0 Å².